The standard InChI is InChI=1S/C5H13O7P/c1-3(6)5(8)4(7)2-12-13(9,10)11/h3-8H,2H2,1H3,(H2,9,10,11)/t3-,4+,5+/m0/s1. The van der Waals surface area contributed by atoms with Gasteiger partial charge in [-0.3, -0.25) is 4.52 Å². The fourth-order valence-corrected chi connectivity index (χ4v) is 0.940. The Labute approximate surface area is 74.8 Å². The normalized spacial score (nSPS) is 19.5. The van der Waals surface area contributed by atoms with Crippen molar-refractivity contribution in [2.45, 2.75) is 25.2 Å². The number of phosphoric acid groups is 1. The minimum atomic E-state index is -4.64. The van der Waals surface area contributed by atoms with Crippen LogP contribution in [0.5, 0.6) is 0 Å². The predicted molar refractivity (Wildman–Crippen MR) is 41.7 cm³/mol. The number of phosphoric ester groups is 1. The van der Waals surface area contributed by atoms with Gasteiger partial charge in [0.15, 0.2) is 0 Å². The molecular weight excluding hydrogens is 203 g/mol. The van der Waals surface area contributed by atoms with Gasteiger partial charge >= 0.3 is 7.82 Å². The van der Waals surface area contributed by atoms with E-state index >= 15 is 0 Å². The summed E-state index contributed by atoms with van der Waals surface area (Å²) >= 11 is 0. The molecule has 0 aliphatic carbocycles. The fraction of sp³-hybridized carbons (Fsp3) is 1.00. The molecule has 0 aliphatic heterocycles. The second-order valence-electron chi connectivity index (χ2n) is 2.58. The summed E-state index contributed by atoms with van der Waals surface area (Å²) in [5.41, 5.74) is 0. The van der Waals surface area contributed by atoms with Crippen LogP contribution in [0.25, 0.3) is 0 Å². The lowest BCUT2D eigenvalue weighted by atomic mass is 10.1. The Bertz CT molecular complexity index is 187. The third-order valence-electron chi connectivity index (χ3n) is 1.30. The lowest BCUT2D eigenvalue weighted by molar-refractivity contribution is -0.0689. The van der Waals surface area contributed by atoms with Gasteiger partial charge in [0.05, 0.1) is 12.7 Å². The summed E-state index contributed by atoms with van der Waals surface area (Å²) in [6, 6.07) is 0. The number of aliphatic hydroxyl groups excluding tert-OH is 3. The third-order valence-corrected chi connectivity index (χ3v) is 1.79. The van der Waals surface area contributed by atoms with E-state index in [1.165, 1.54) is 6.92 Å². The molecule has 0 spiro atoms. The molecule has 3 atom stereocenters. The van der Waals surface area contributed by atoms with Crippen LogP contribution in [-0.4, -0.2) is 50.0 Å². The summed E-state index contributed by atoms with van der Waals surface area (Å²) in [5, 5.41) is 26.7. The van der Waals surface area contributed by atoms with Crippen LogP contribution in [-0.2, 0) is 9.09 Å². The van der Waals surface area contributed by atoms with Gasteiger partial charge in [-0.05, 0) is 6.92 Å². The van der Waals surface area contributed by atoms with Crippen LogP contribution in [0, 0.1) is 0 Å². The number of hydrogen-bond acceptors (Lipinski definition) is 5. The smallest absolute Gasteiger partial charge is 0.391 e. The summed E-state index contributed by atoms with van der Waals surface area (Å²) in [5.74, 6) is 0. The molecule has 0 aromatic carbocycles. The van der Waals surface area contributed by atoms with E-state index in [-0.39, 0.29) is 0 Å². The lowest BCUT2D eigenvalue weighted by Crippen LogP contribution is -2.38. The minimum Gasteiger partial charge on any atom is -0.391 e. The van der Waals surface area contributed by atoms with Gasteiger partial charge in [-0.2, -0.15) is 0 Å². The molecule has 0 aliphatic rings. The topological polar surface area (TPSA) is 127 Å². The van der Waals surface area contributed by atoms with Crippen LogP contribution in [0.4, 0.5) is 0 Å². The molecule has 0 heterocycles. The van der Waals surface area contributed by atoms with Gasteiger partial charge in [0.2, 0.25) is 0 Å². The fourth-order valence-electron chi connectivity index (χ4n) is 0.594. The van der Waals surface area contributed by atoms with E-state index in [4.69, 9.17) is 25.1 Å². The van der Waals surface area contributed by atoms with E-state index in [2.05, 4.69) is 4.52 Å². The van der Waals surface area contributed by atoms with Crippen molar-refractivity contribution >= 4 is 7.82 Å². The zero-order valence-electron chi connectivity index (χ0n) is 6.94. The van der Waals surface area contributed by atoms with E-state index in [9.17, 15) is 4.57 Å². The Hall–Kier alpha value is -0.0100. The molecule has 0 radical (unpaired) electrons. The van der Waals surface area contributed by atoms with Gasteiger partial charge in [-0.1, -0.05) is 0 Å². The number of rotatable bonds is 5. The Morgan fingerprint density at radius 2 is 1.77 bits per heavy atom. The molecule has 8 heteroatoms. The van der Waals surface area contributed by atoms with Crippen molar-refractivity contribution < 1.29 is 34.2 Å². The average molecular weight is 216 g/mol. The van der Waals surface area contributed by atoms with Crippen molar-refractivity contribution in [1.29, 1.82) is 0 Å². The van der Waals surface area contributed by atoms with E-state index in [1.54, 1.807) is 0 Å². The zero-order valence-corrected chi connectivity index (χ0v) is 7.83. The van der Waals surface area contributed by atoms with Crippen molar-refractivity contribution in [1.82, 2.24) is 0 Å². The van der Waals surface area contributed by atoms with E-state index in [0.717, 1.165) is 0 Å². The maximum absolute atomic E-state index is 10.1. The lowest BCUT2D eigenvalue weighted by Gasteiger charge is -2.19. The second kappa shape index (κ2) is 5.02. The van der Waals surface area contributed by atoms with Crippen molar-refractivity contribution in [3.8, 4) is 0 Å². The molecule has 5 N–H and O–H groups in total. The molecule has 0 fully saturated rings. The molecule has 0 aromatic heterocycles. The minimum absolute atomic E-state index is 0.740. The van der Waals surface area contributed by atoms with Crippen molar-refractivity contribution in [2.75, 3.05) is 6.61 Å². The van der Waals surface area contributed by atoms with Gasteiger partial charge in [0, 0.05) is 0 Å². The van der Waals surface area contributed by atoms with Crippen molar-refractivity contribution in [2.24, 2.45) is 0 Å². The molecule has 0 amide bonds. The predicted octanol–water partition coefficient (Wildman–Crippen LogP) is -1.80. The molecule has 0 saturated heterocycles. The van der Waals surface area contributed by atoms with Crippen LogP contribution >= 0.6 is 7.82 Å². The van der Waals surface area contributed by atoms with Crippen LogP contribution in [0.2, 0.25) is 0 Å². The van der Waals surface area contributed by atoms with Gasteiger partial charge in [0.25, 0.3) is 0 Å². The first-order valence-corrected chi connectivity index (χ1v) is 5.01. The highest BCUT2D eigenvalue weighted by Crippen LogP contribution is 2.35. The highest BCUT2D eigenvalue weighted by Gasteiger charge is 2.24. The van der Waals surface area contributed by atoms with Crippen LogP contribution in [0.3, 0.4) is 0 Å². The van der Waals surface area contributed by atoms with Crippen LogP contribution in [0.15, 0.2) is 0 Å². The maximum atomic E-state index is 10.1. The molecule has 0 aromatic rings. The van der Waals surface area contributed by atoms with Gasteiger partial charge in [-0.25, -0.2) is 4.57 Å². The molecule has 0 saturated carbocycles. The van der Waals surface area contributed by atoms with Crippen molar-refractivity contribution in [3.05, 3.63) is 0 Å². The van der Waals surface area contributed by atoms with Crippen LogP contribution < -0.4 is 0 Å². The summed E-state index contributed by atoms with van der Waals surface area (Å²) in [4.78, 5) is 16.4. The molecule has 0 rings (SSSR count). The monoisotopic (exact) mass is 216 g/mol. The number of hydrogen-bond donors (Lipinski definition) is 5. The second-order valence-corrected chi connectivity index (χ2v) is 3.82. The van der Waals surface area contributed by atoms with E-state index in [1.807, 2.05) is 0 Å². The Kier molecular flexibility index (Phi) is 5.01. The zero-order chi connectivity index (χ0) is 10.6. The average Bonchev–Trinajstić information content (AvgIpc) is 1.97. The SMILES string of the molecule is C[C@H](O)[C@@H](O)[C@H](O)COP(=O)(O)O. The van der Waals surface area contributed by atoms with Crippen molar-refractivity contribution in [3.63, 3.8) is 0 Å². The Balaban J connectivity index is 3.88. The first-order chi connectivity index (χ1) is 5.74. The first-order valence-electron chi connectivity index (χ1n) is 3.48. The molecule has 7 nitrogen and oxygen atoms in total. The number of aliphatic hydroxyl groups is 3. The van der Waals surface area contributed by atoms with E-state index < -0.39 is 32.7 Å². The first kappa shape index (κ1) is 13.0. The summed E-state index contributed by atoms with van der Waals surface area (Å²) in [6.45, 7) is 0.488. The quantitative estimate of drug-likeness (QED) is 0.343. The molecule has 0 bridgehead atoms. The maximum Gasteiger partial charge on any atom is 0.469 e. The molecule has 80 valence electrons. The van der Waals surface area contributed by atoms with Crippen LogP contribution in [0.1, 0.15) is 6.92 Å². The highest BCUT2D eigenvalue weighted by molar-refractivity contribution is 7.46. The van der Waals surface area contributed by atoms with E-state index in [0.29, 0.717) is 0 Å². The highest BCUT2D eigenvalue weighted by atomic mass is 31.2. The summed E-state index contributed by atoms with van der Waals surface area (Å²) in [7, 11) is -4.64. The molecule has 13 heavy (non-hydrogen) atoms. The molecule has 0 unspecified atom stereocenters. The largest absolute Gasteiger partial charge is 0.469 e. The third kappa shape index (κ3) is 6.11. The Morgan fingerprint density at radius 3 is 2.08 bits per heavy atom. The van der Waals surface area contributed by atoms with Gasteiger partial charge in [0.1, 0.15) is 12.2 Å². The summed E-state index contributed by atoms with van der Waals surface area (Å²) in [6.07, 6.45) is -4.23. The molecular formula is C5H13O7P. The summed E-state index contributed by atoms with van der Waals surface area (Å²) < 4.78 is 14.1. The van der Waals surface area contributed by atoms with Gasteiger partial charge < -0.3 is 25.1 Å². The van der Waals surface area contributed by atoms with Gasteiger partial charge in [-0.15, -0.1) is 0 Å². The Morgan fingerprint density at radius 1 is 1.31 bits per heavy atom.